The molecule has 5 heteroatoms. The summed E-state index contributed by atoms with van der Waals surface area (Å²) in [5.74, 6) is 0. The molecule has 1 rings (SSSR count). The second-order valence-electron chi connectivity index (χ2n) is 4.80. The third-order valence-electron chi connectivity index (χ3n) is 3.06. The predicted molar refractivity (Wildman–Crippen MR) is 79.7 cm³/mol. The van der Waals surface area contributed by atoms with Gasteiger partial charge in [0.05, 0.1) is 12.7 Å². The van der Waals surface area contributed by atoms with Gasteiger partial charge in [-0.3, -0.25) is 0 Å². The number of carbonyl (C=O) groups excluding carboxylic acids is 1. The number of benzene rings is 1. The average molecular weight is 280 g/mol. The lowest BCUT2D eigenvalue weighted by Gasteiger charge is -2.22. The first-order valence-electron chi connectivity index (χ1n) is 7.03. The standard InChI is InChI=1S/C15H24N2O3/c1-3-4-8-17(9-10-18)15(20)16-14-7-5-6-13(11-14)12(2)19/h5-7,11-12,18-19H,3-4,8-10H2,1-2H3,(H,16,20). The van der Waals surface area contributed by atoms with Crippen LogP contribution in [0.1, 0.15) is 38.4 Å². The Morgan fingerprint density at radius 2 is 2.15 bits per heavy atom. The molecule has 0 heterocycles. The van der Waals surface area contributed by atoms with E-state index in [1.165, 1.54) is 0 Å². The fourth-order valence-electron chi connectivity index (χ4n) is 1.86. The van der Waals surface area contributed by atoms with Crippen LogP contribution in [-0.4, -0.2) is 40.8 Å². The van der Waals surface area contributed by atoms with Crippen molar-refractivity contribution in [2.75, 3.05) is 25.0 Å². The Morgan fingerprint density at radius 3 is 2.75 bits per heavy atom. The molecule has 112 valence electrons. The Balaban J connectivity index is 2.69. The second-order valence-corrected chi connectivity index (χ2v) is 4.80. The van der Waals surface area contributed by atoms with Gasteiger partial charge in [0.2, 0.25) is 0 Å². The van der Waals surface area contributed by atoms with Crippen molar-refractivity contribution in [1.82, 2.24) is 4.90 Å². The number of anilines is 1. The van der Waals surface area contributed by atoms with Crippen LogP contribution in [-0.2, 0) is 0 Å². The van der Waals surface area contributed by atoms with Crippen molar-refractivity contribution in [2.24, 2.45) is 0 Å². The van der Waals surface area contributed by atoms with Crippen LogP contribution in [0.3, 0.4) is 0 Å². The molecule has 0 fully saturated rings. The molecule has 1 atom stereocenters. The minimum Gasteiger partial charge on any atom is -0.395 e. The molecule has 0 bridgehead atoms. The Morgan fingerprint density at radius 1 is 1.40 bits per heavy atom. The number of amides is 2. The van der Waals surface area contributed by atoms with E-state index in [1.54, 1.807) is 30.0 Å². The van der Waals surface area contributed by atoms with Gasteiger partial charge in [-0.25, -0.2) is 4.79 Å². The van der Waals surface area contributed by atoms with Gasteiger partial charge < -0.3 is 20.4 Å². The lowest BCUT2D eigenvalue weighted by Crippen LogP contribution is -2.37. The van der Waals surface area contributed by atoms with Gasteiger partial charge in [0.1, 0.15) is 0 Å². The lowest BCUT2D eigenvalue weighted by atomic mass is 10.1. The maximum atomic E-state index is 12.1. The Kier molecular flexibility index (Phi) is 7.04. The summed E-state index contributed by atoms with van der Waals surface area (Å²) in [6.45, 7) is 4.63. The molecule has 1 aromatic carbocycles. The molecule has 0 radical (unpaired) electrons. The van der Waals surface area contributed by atoms with Gasteiger partial charge in [-0.1, -0.05) is 25.5 Å². The van der Waals surface area contributed by atoms with Crippen LogP contribution in [0.5, 0.6) is 0 Å². The van der Waals surface area contributed by atoms with Crippen LogP contribution < -0.4 is 5.32 Å². The fourth-order valence-corrected chi connectivity index (χ4v) is 1.86. The van der Waals surface area contributed by atoms with Gasteiger partial charge in [0.15, 0.2) is 0 Å². The number of aliphatic hydroxyl groups excluding tert-OH is 2. The van der Waals surface area contributed by atoms with E-state index in [-0.39, 0.29) is 12.6 Å². The summed E-state index contributed by atoms with van der Waals surface area (Å²) >= 11 is 0. The van der Waals surface area contributed by atoms with Crippen LogP contribution in [0, 0.1) is 0 Å². The molecular formula is C15H24N2O3. The Hall–Kier alpha value is -1.59. The van der Waals surface area contributed by atoms with Crippen LogP contribution in [0.25, 0.3) is 0 Å². The monoisotopic (exact) mass is 280 g/mol. The van der Waals surface area contributed by atoms with Crippen LogP contribution >= 0.6 is 0 Å². The number of hydrogen-bond acceptors (Lipinski definition) is 3. The summed E-state index contributed by atoms with van der Waals surface area (Å²) in [5.41, 5.74) is 1.40. The van der Waals surface area contributed by atoms with E-state index < -0.39 is 6.10 Å². The zero-order valence-electron chi connectivity index (χ0n) is 12.2. The maximum absolute atomic E-state index is 12.1. The van der Waals surface area contributed by atoms with Gasteiger partial charge in [0, 0.05) is 18.8 Å². The molecule has 1 unspecified atom stereocenters. The number of unbranched alkanes of at least 4 members (excludes halogenated alkanes) is 1. The quantitative estimate of drug-likeness (QED) is 0.718. The smallest absolute Gasteiger partial charge is 0.321 e. The van der Waals surface area contributed by atoms with E-state index in [9.17, 15) is 9.90 Å². The number of nitrogens with one attached hydrogen (secondary N) is 1. The number of rotatable bonds is 7. The van der Waals surface area contributed by atoms with E-state index in [2.05, 4.69) is 12.2 Å². The molecule has 5 nitrogen and oxygen atoms in total. The molecule has 1 aromatic rings. The van der Waals surface area contributed by atoms with Gasteiger partial charge in [-0.05, 0) is 31.0 Å². The molecule has 0 saturated heterocycles. The number of aliphatic hydroxyl groups is 2. The highest BCUT2D eigenvalue weighted by molar-refractivity contribution is 5.89. The maximum Gasteiger partial charge on any atom is 0.321 e. The van der Waals surface area contributed by atoms with Gasteiger partial charge >= 0.3 is 6.03 Å². The first kappa shape index (κ1) is 16.5. The molecule has 0 spiro atoms. The van der Waals surface area contributed by atoms with Crippen LogP contribution in [0.4, 0.5) is 10.5 Å². The molecule has 0 aromatic heterocycles. The van der Waals surface area contributed by atoms with Crippen molar-refractivity contribution < 1.29 is 15.0 Å². The van der Waals surface area contributed by atoms with Crippen molar-refractivity contribution in [3.05, 3.63) is 29.8 Å². The van der Waals surface area contributed by atoms with Crippen LogP contribution in [0.15, 0.2) is 24.3 Å². The van der Waals surface area contributed by atoms with Crippen LogP contribution in [0.2, 0.25) is 0 Å². The molecule has 0 aliphatic carbocycles. The summed E-state index contributed by atoms with van der Waals surface area (Å²) in [7, 11) is 0. The molecular weight excluding hydrogens is 256 g/mol. The number of hydrogen-bond donors (Lipinski definition) is 3. The normalized spacial score (nSPS) is 12.0. The number of nitrogens with zero attached hydrogens (tertiary/aromatic N) is 1. The SMILES string of the molecule is CCCCN(CCO)C(=O)Nc1cccc(C(C)O)c1. The molecule has 0 aliphatic heterocycles. The zero-order chi connectivity index (χ0) is 15.0. The Bertz CT molecular complexity index is 421. The molecule has 3 N–H and O–H groups in total. The topological polar surface area (TPSA) is 72.8 Å². The fraction of sp³-hybridized carbons (Fsp3) is 0.533. The van der Waals surface area contributed by atoms with E-state index in [1.807, 2.05) is 6.07 Å². The van der Waals surface area contributed by atoms with Crippen molar-refractivity contribution in [3.63, 3.8) is 0 Å². The summed E-state index contributed by atoms with van der Waals surface area (Å²) in [6.07, 6.45) is 1.33. The van der Waals surface area contributed by atoms with E-state index >= 15 is 0 Å². The summed E-state index contributed by atoms with van der Waals surface area (Å²) in [5, 5.41) is 21.3. The van der Waals surface area contributed by atoms with Crippen molar-refractivity contribution in [2.45, 2.75) is 32.8 Å². The van der Waals surface area contributed by atoms with E-state index in [0.29, 0.717) is 18.8 Å². The first-order chi connectivity index (χ1) is 9.58. The minimum absolute atomic E-state index is 0.0507. The molecule has 2 amide bonds. The van der Waals surface area contributed by atoms with Gasteiger partial charge in [0.25, 0.3) is 0 Å². The number of carbonyl (C=O) groups is 1. The highest BCUT2D eigenvalue weighted by Gasteiger charge is 2.12. The highest BCUT2D eigenvalue weighted by atomic mass is 16.3. The predicted octanol–water partition coefficient (Wildman–Crippen LogP) is 2.37. The minimum atomic E-state index is -0.569. The molecule has 0 saturated carbocycles. The van der Waals surface area contributed by atoms with Crippen molar-refractivity contribution in [1.29, 1.82) is 0 Å². The summed E-state index contributed by atoms with van der Waals surface area (Å²) in [6, 6.07) is 6.90. The average Bonchev–Trinajstić information content (AvgIpc) is 2.43. The van der Waals surface area contributed by atoms with E-state index in [0.717, 1.165) is 18.4 Å². The lowest BCUT2D eigenvalue weighted by molar-refractivity contribution is 0.187. The first-order valence-corrected chi connectivity index (χ1v) is 7.03. The molecule has 20 heavy (non-hydrogen) atoms. The third kappa shape index (κ3) is 5.19. The largest absolute Gasteiger partial charge is 0.395 e. The van der Waals surface area contributed by atoms with Crippen molar-refractivity contribution >= 4 is 11.7 Å². The van der Waals surface area contributed by atoms with E-state index in [4.69, 9.17) is 5.11 Å². The van der Waals surface area contributed by atoms with Gasteiger partial charge in [-0.2, -0.15) is 0 Å². The zero-order valence-corrected chi connectivity index (χ0v) is 12.2. The number of urea groups is 1. The third-order valence-corrected chi connectivity index (χ3v) is 3.06. The second kappa shape index (κ2) is 8.55. The van der Waals surface area contributed by atoms with Gasteiger partial charge in [-0.15, -0.1) is 0 Å². The molecule has 0 aliphatic rings. The highest BCUT2D eigenvalue weighted by Crippen LogP contribution is 2.17. The summed E-state index contributed by atoms with van der Waals surface area (Å²) in [4.78, 5) is 13.7. The Labute approximate surface area is 120 Å². The summed E-state index contributed by atoms with van der Waals surface area (Å²) < 4.78 is 0. The van der Waals surface area contributed by atoms with Crippen molar-refractivity contribution in [3.8, 4) is 0 Å².